The van der Waals surface area contributed by atoms with Crippen LogP contribution in [0, 0.1) is 19.7 Å². The monoisotopic (exact) mass is 278 g/mol. The van der Waals surface area contributed by atoms with Crippen LogP contribution < -0.4 is 4.74 Å². The summed E-state index contributed by atoms with van der Waals surface area (Å²) in [4.78, 5) is 0. The quantitative estimate of drug-likeness (QED) is 0.733. The van der Waals surface area contributed by atoms with Crippen LogP contribution in [0.5, 0.6) is 5.75 Å². The second-order valence-corrected chi connectivity index (χ2v) is 4.84. The van der Waals surface area contributed by atoms with Gasteiger partial charge < -0.3 is 4.74 Å². The number of alkyl halides is 1. The lowest BCUT2D eigenvalue weighted by molar-refractivity contribution is 0.287. The van der Waals surface area contributed by atoms with Crippen molar-refractivity contribution in [1.82, 2.24) is 0 Å². The fourth-order valence-electron chi connectivity index (χ4n) is 1.87. The summed E-state index contributed by atoms with van der Waals surface area (Å²) in [5, 5.41) is 0. The van der Waals surface area contributed by atoms with E-state index >= 15 is 0 Å². The molecule has 0 spiro atoms. The lowest BCUT2D eigenvalue weighted by Crippen LogP contribution is -2.01. The summed E-state index contributed by atoms with van der Waals surface area (Å²) < 4.78 is 19.3. The molecule has 2 aromatic carbocycles. The van der Waals surface area contributed by atoms with Crippen molar-refractivity contribution in [3.63, 3.8) is 0 Å². The molecule has 0 bridgehead atoms. The molecule has 0 saturated carbocycles. The van der Waals surface area contributed by atoms with Crippen molar-refractivity contribution >= 4 is 11.6 Å². The molecule has 0 N–H and O–H groups in total. The Balaban J connectivity index is 2.16. The molecule has 1 nitrogen and oxygen atoms in total. The van der Waals surface area contributed by atoms with Gasteiger partial charge in [0.05, 0.1) is 5.88 Å². The normalized spacial score (nSPS) is 10.5. The van der Waals surface area contributed by atoms with Gasteiger partial charge in [-0.3, -0.25) is 0 Å². The standard InChI is InChI=1S/C16H16ClFO/c1-11-6-7-13(8-12(11)2)10-19-16-14(9-17)4-3-5-15(16)18/h3-8H,9-10H2,1-2H3. The Morgan fingerprint density at radius 3 is 2.58 bits per heavy atom. The molecule has 0 saturated heterocycles. The van der Waals surface area contributed by atoms with Crippen LogP contribution >= 0.6 is 11.6 Å². The summed E-state index contributed by atoms with van der Waals surface area (Å²) in [6, 6.07) is 10.9. The minimum absolute atomic E-state index is 0.236. The van der Waals surface area contributed by atoms with Crippen LogP contribution in [0.4, 0.5) is 4.39 Å². The molecular weight excluding hydrogens is 263 g/mol. The Hall–Kier alpha value is -1.54. The second-order valence-electron chi connectivity index (χ2n) is 4.57. The molecule has 2 aromatic rings. The Labute approximate surface area is 118 Å². The molecule has 0 atom stereocenters. The lowest BCUT2D eigenvalue weighted by atomic mass is 10.1. The molecule has 0 heterocycles. The number of aryl methyl sites for hydroxylation is 2. The minimum atomic E-state index is -0.373. The van der Waals surface area contributed by atoms with Gasteiger partial charge in [-0.1, -0.05) is 30.3 Å². The minimum Gasteiger partial charge on any atom is -0.485 e. The Kier molecular flexibility index (Phi) is 4.43. The molecule has 0 aliphatic heterocycles. The molecular formula is C16H16ClFO. The highest BCUT2D eigenvalue weighted by atomic mass is 35.5. The second kappa shape index (κ2) is 6.07. The van der Waals surface area contributed by atoms with Crippen LogP contribution in [0.15, 0.2) is 36.4 Å². The van der Waals surface area contributed by atoms with Gasteiger partial charge in [0.15, 0.2) is 11.6 Å². The molecule has 3 heteroatoms. The first-order chi connectivity index (χ1) is 9.11. The molecule has 0 aliphatic carbocycles. The topological polar surface area (TPSA) is 9.23 Å². The largest absolute Gasteiger partial charge is 0.485 e. The average molecular weight is 279 g/mol. The first-order valence-corrected chi connectivity index (χ1v) is 6.67. The molecule has 0 unspecified atom stereocenters. The third-order valence-corrected chi connectivity index (χ3v) is 3.43. The van der Waals surface area contributed by atoms with Crippen molar-refractivity contribution in [1.29, 1.82) is 0 Å². The molecule has 0 aromatic heterocycles. The van der Waals surface area contributed by atoms with Gasteiger partial charge in [0.25, 0.3) is 0 Å². The molecule has 19 heavy (non-hydrogen) atoms. The average Bonchev–Trinajstić information content (AvgIpc) is 2.41. The lowest BCUT2D eigenvalue weighted by Gasteiger charge is -2.11. The summed E-state index contributed by atoms with van der Waals surface area (Å²) >= 11 is 5.79. The molecule has 0 aliphatic rings. The molecule has 100 valence electrons. The summed E-state index contributed by atoms with van der Waals surface area (Å²) in [5.74, 6) is 0.109. The predicted octanol–water partition coefficient (Wildman–Crippen LogP) is 4.76. The smallest absolute Gasteiger partial charge is 0.165 e. The Bertz CT molecular complexity index is 581. The maximum absolute atomic E-state index is 13.7. The van der Waals surface area contributed by atoms with Gasteiger partial charge in [-0.15, -0.1) is 11.6 Å². The number of rotatable bonds is 4. The van der Waals surface area contributed by atoms with Crippen LogP contribution in [0.3, 0.4) is 0 Å². The van der Waals surface area contributed by atoms with Gasteiger partial charge in [-0.2, -0.15) is 0 Å². The predicted molar refractivity (Wildman–Crippen MR) is 76.2 cm³/mol. The summed E-state index contributed by atoms with van der Waals surface area (Å²) in [6.07, 6.45) is 0. The van der Waals surface area contributed by atoms with Crippen molar-refractivity contribution in [3.8, 4) is 5.75 Å². The maximum Gasteiger partial charge on any atom is 0.165 e. The molecule has 0 radical (unpaired) electrons. The number of hydrogen-bond acceptors (Lipinski definition) is 1. The highest BCUT2D eigenvalue weighted by Crippen LogP contribution is 2.25. The first-order valence-electron chi connectivity index (χ1n) is 6.14. The van der Waals surface area contributed by atoms with E-state index in [-0.39, 0.29) is 17.4 Å². The van der Waals surface area contributed by atoms with Crippen LogP contribution in [-0.2, 0) is 12.5 Å². The zero-order chi connectivity index (χ0) is 13.8. The number of benzene rings is 2. The van der Waals surface area contributed by atoms with Gasteiger partial charge in [0.2, 0.25) is 0 Å². The Morgan fingerprint density at radius 1 is 1.11 bits per heavy atom. The number of para-hydroxylation sites is 1. The van der Waals surface area contributed by atoms with Crippen molar-refractivity contribution in [2.24, 2.45) is 0 Å². The van der Waals surface area contributed by atoms with Crippen molar-refractivity contribution in [2.75, 3.05) is 0 Å². The van der Waals surface area contributed by atoms with Crippen LogP contribution in [0.2, 0.25) is 0 Å². The van der Waals surface area contributed by atoms with E-state index in [2.05, 4.69) is 13.0 Å². The first kappa shape index (κ1) is 13.9. The maximum atomic E-state index is 13.7. The molecule has 0 fully saturated rings. The van der Waals surface area contributed by atoms with E-state index in [1.807, 2.05) is 19.1 Å². The number of ether oxygens (including phenoxy) is 1. The van der Waals surface area contributed by atoms with E-state index in [1.165, 1.54) is 17.2 Å². The van der Waals surface area contributed by atoms with Gasteiger partial charge in [-0.05, 0) is 36.6 Å². The third-order valence-electron chi connectivity index (χ3n) is 3.15. The number of halogens is 2. The van der Waals surface area contributed by atoms with E-state index in [4.69, 9.17) is 16.3 Å². The van der Waals surface area contributed by atoms with E-state index in [9.17, 15) is 4.39 Å². The third kappa shape index (κ3) is 3.27. The van der Waals surface area contributed by atoms with Gasteiger partial charge in [-0.25, -0.2) is 4.39 Å². The zero-order valence-corrected chi connectivity index (χ0v) is 11.8. The summed E-state index contributed by atoms with van der Waals surface area (Å²) in [7, 11) is 0. The van der Waals surface area contributed by atoms with Crippen molar-refractivity contribution in [2.45, 2.75) is 26.3 Å². The van der Waals surface area contributed by atoms with E-state index < -0.39 is 0 Å². The van der Waals surface area contributed by atoms with E-state index in [1.54, 1.807) is 12.1 Å². The van der Waals surface area contributed by atoms with Crippen LogP contribution in [0.25, 0.3) is 0 Å². The highest BCUT2D eigenvalue weighted by Gasteiger charge is 2.09. The fourth-order valence-corrected chi connectivity index (χ4v) is 2.08. The summed E-state index contributed by atoms with van der Waals surface area (Å²) in [5.41, 5.74) is 4.13. The van der Waals surface area contributed by atoms with Crippen molar-refractivity contribution in [3.05, 3.63) is 64.5 Å². The number of hydrogen-bond donors (Lipinski definition) is 0. The van der Waals surface area contributed by atoms with Gasteiger partial charge in [0, 0.05) is 5.56 Å². The molecule has 2 rings (SSSR count). The highest BCUT2D eigenvalue weighted by molar-refractivity contribution is 6.17. The Morgan fingerprint density at radius 2 is 1.89 bits per heavy atom. The zero-order valence-electron chi connectivity index (χ0n) is 11.0. The van der Waals surface area contributed by atoms with E-state index in [0.29, 0.717) is 12.2 Å². The van der Waals surface area contributed by atoms with Crippen LogP contribution in [-0.4, -0.2) is 0 Å². The van der Waals surface area contributed by atoms with Gasteiger partial charge in [0.1, 0.15) is 6.61 Å². The van der Waals surface area contributed by atoms with Gasteiger partial charge >= 0.3 is 0 Å². The SMILES string of the molecule is Cc1ccc(COc2c(F)cccc2CCl)cc1C. The molecule has 0 amide bonds. The van der Waals surface area contributed by atoms with Crippen molar-refractivity contribution < 1.29 is 9.13 Å². The van der Waals surface area contributed by atoms with E-state index in [0.717, 1.165) is 5.56 Å². The summed E-state index contributed by atoms with van der Waals surface area (Å²) in [6.45, 7) is 4.44. The fraction of sp³-hybridized carbons (Fsp3) is 0.250. The van der Waals surface area contributed by atoms with Crippen LogP contribution in [0.1, 0.15) is 22.3 Å².